The molecule has 2 saturated heterocycles. The van der Waals surface area contributed by atoms with Crippen LogP contribution in [0.2, 0.25) is 3.43 Å². The average molecular weight is 585 g/mol. The van der Waals surface area contributed by atoms with E-state index in [-0.39, 0.29) is 5.91 Å². The molecule has 9 heteroatoms. The molecule has 1 atom stereocenters. The second-order valence-corrected chi connectivity index (χ2v) is 17.2. The quantitative estimate of drug-likeness (QED) is 0.396. The molecule has 0 bridgehead atoms. The number of anilines is 2. The Hall–Kier alpha value is -2.04. The van der Waals surface area contributed by atoms with Crippen LogP contribution in [0.15, 0.2) is 45.8 Å². The molecule has 4 rings (SSSR count). The maximum absolute atomic E-state index is 12.3. The van der Waals surface area contributed by atoms with E-state index in [2.05, 4.69) is 78.9 Å². The summed E-state index contributed by atoms with van der Waals surface area (Å²) in [5, 5.41) is 6.61. The van der Waals surface area contributed by atoms with E-state index in [1.807, 2.05) is 12.1 Å². The predicted octanol–water partition coefficient (Wildman–Crippen LogP) is 3.01. The van der Waals surface area contributed by atoms with Gasteiger partial charge >= 0.3 is 196 Å². The first-order valence-corrected chi connectivity index (χ1v) is 15.2. The number of carbonyl (C=O) groups is 1. The van der Waals surface area contributed by atoms with Gasteiger partial charge in [-0.3, -0.25) is 0 Å². The van der Waals surface area contributed by atoms with Crippen molar-refractivity contribution in [3.05, 3.63) is 40.8 Å². The molecule has 8 nitrogen and oxygen atoms in total. The fraction of sp³-hybridized carbons (Fsp3) is 0.538. The topological polar surface area (TPSA) is 72.4 Å². The van der Waals surface area contributed by atoms with Gasteiger partial charge in [0.25, 0.3) is 0 Å². The summed E-state index contributed by atoms with van der Waals surface area (Å²) in [6.45, 7) is 18.1. The summed E-state index contributed by atoms with van der Waals surface area (Å²) in [6.07, 6.45) is 3.54. The Morgan fingerprint density at radius 1 is 1.31 bits per heavy atom. The number of aliphatic imine (C=N–C) groups is 1. The third-order valence-corrected chi connectivity index (χ3v) is 9.96. The molecule has 1 aromatic carbocycles. The summed E-state index contributed by atoms with van der Waals surface area (Å²) in [5.74, 6) is 0.723. The van der Waals surface area contributed by atoms with Gasteiger partial charge in [-0.25, -0.2) is 0 Å². The Labute approximate surface area is 219 Å². The van der Waals surface area contributed by atoms with Crippen LogP contribution in [-0.4, -0.2) is 101 Å². The first kappa shape index (κ1) is 26.0. The number of carbonyl (C=O) groups excluding carboxylic acids is 1. The van der Waals surface area contributed by atoms with E-state index < -0.39 is 21.1 Å². The number of nitrogens with one attached hydrogen (secondary N) is 2. The molecule has 2 fully saturated rings. The van der Waals surface area contributed by atoms with Crippen LogP contribution in [0.25, 0.3) is 0 Å². The number of benzene rings is 1. The third kappa shape index (κ3) is 6.80. The number of piperazine rings is 1. The van der Waals surface area contributed by atoms with Crippen molar-refractivity contribution < 1.29 is 9.53 Å². The molecule has 0 unspecified atom stereocenters. The van der Waals surface area contributed by atoms with Crippen LogP contribution in [0.5, 0.6) is 0 Å². The van der Waals surface area contributed by atoms with Gasteiger partial charge in [0.05, 0.1) is 19.3 Å². The second kappa shape index (κ2) is 10.9. The maximum atomic E-state index is 12.3. The van der Waals surface area contributed by atoms with Crippen LogP contribution in [-0.2, 0) is 9.53 Å². The first-order valence-electron chi connectivity index (χ1n) is 12.3. The first-order chi connectivity index (χ1) is 16.6. The molecular formula is C26H38N6O2Sn. The number of ether oxygens (including phenoxy) is 1. The predicted molar refractivity (Wildman–Crippen MR) is 145 cm³/mol. The summed E-state index contributed by atoms with van der Waals surface area (Å²) in [7, 11) is 2.09. The molecule has 188 valence electrons. The Morgan fingerprint density at radius 3 is 2.71 bits per heavy atom. The Balaban J connectivity index is 1.56. The van der Waals surface area contributed by atoms with Crippen LogP contribution >= 0.6 is 0 Å². The van der Waals surface area contributed by atoms with Crippen LogP contribution in [0, 0.1) is 0 Å². The molecule has 3 heterocycles. The van der Waals surface area contributed by atoms with Gasteiger partial charge in [0.2, 0.25) is 0 Å². The molecule has 2 N–H and O–H groups in total. The van der Waals surface area contributed by atoms with Gasteiger partial charge in [-0.1, -0.05) is 0 Å². The van der Waals surface area contributed by atoms with E-state index in [0.29, 0.717) is 15.5 Å². The SMILES string of the molecule is C=CC(=O)Nc1cc(N=C2CN(C)C=[C]([Sn][C](C)(C)C)N2)ccc1N1CCN(C2COC2)C[C@@H]1C. The zero-order valence-electron chi connectivity index (χ0n) is 21.6. The van der Waals surface area contributed by atoms with E-state index in [4.69, 9.17) is 9.73 Å². The van der Waals surface area contributed by atoms with Crippen molar-refractivity contribution in [2.24, 2.45) is 4.99 Å². The van der Waals surface area contributed by atoms with Gasteiger partial charge in [-0.2, -0.15) is 0 Å². The molecule has 0 spiro atoms. The molecule has 1 amide bonds. The van der Waals surface area contributed by atoms with E-state index in [9.17, 15) is 4.79 Å². The summed E-state index contributed by atoms with van der Waals surface area (Å²) in [6, 6.07) is 6.98. The average Bonchev–Trinajstić information content (AvgIpc) is 2.71. The molecule has 1 aromatic rings. The number of hydrogen-bond donors (Lipinski definition) is 2. The zero-order chi connectivity index (χ0) is 25.2. The fourth-order valence-electron chi connectivity index (χ4n) is 4.65. The molecule has 2 radical (unpaired) electrons. The third-order valence-electron chi connectivity index (χ3n) is 6.33. The van der Waals surface area contributed by atoms with Crippen molar-refractivity contribution in [3.63, 3.8) is 0 Å². The van der Waals surface area contributed by atoms with Crippen molar-refractivity contribution in [2.45, 2.75) is 43.2 Å². The van der Waals surface area contributed by atoms with Gasteiger partial charge in [-0.05, 0) is 0 Å². The minimum atomic E-state index is -0.783. The Kier molecular flexibility index (Phi) is 8.12. The number of amidine groups is 1. The van der Waals surface area contributed by atoms with E-state index in [1.165, 1.54) is 9.79 Å². The molecule has 0 aromatic heterocycles. The van der Waals surface area contributed by atoms with Gasteiger partial charge in [0.1, 0.15) is 0 Å². The van der Waals surface area contributed by atoms with E-state index in [1.54, 1.807) is 0 Å². The summed E-state index contributed by atoms with van der Waals surface area (Å²) in [4.78, 5) is 24.3. The normalized spacial score (nSPS) is 22.9. The van der Waals surface area contributed by atoms with E-state index >= 15 is 0 Å². The monoisotopic (exact) mass is 586 g/mol. The van der Waals surface area contributed by atoms with Crippen molar-refractivity contribution >= 4 is 49.9 Å². The number of rotatable bonds is 6. The number of nitrogens with zero attached hydrogens (tertiary/aromatic N) is 4. The van der Waals surface area contributed by atoms with Crippen LogP contribution in [0.3, 0.4) is 0 Å². The standard InChI is InChI=1S/C22H29N6O2.C4H9.Sn/c1-4-22(29)25-19-11-17(24-21-13-26(3)8-7-23-21)5-6-20(19)28-10-9-27(12-16(28)2)18-14-30-15-18;1-4(2)3;/h4-6,8,11,16,18H,1,9-10,12-15H2,2-3H3,(H,23,24)(H,25,29);1-3H3;/t16-;;/m0../s1. The van der Waals surface area contributed by atoms with Gasteiger partial charge < -0.3 is 4.74 Å². The molecule has 0 aliphatic carbocycles. The molecule has 3 aliphatic rings. The molecule has 0 saturated carbocycles. The number of hydrogen-bond acceptors (Lipinski definition) is 6. The summed E-state index contributed by atoms with van der Waals surface area (Å²) in [5.41, 5.74) is 2.62. The zero-order valence-corrected chi connectivity index (χ0v) is 24.5. The molecular weight excluding hydrogens is 547 g/mol. The van der Waals surface area contributed by atoms with Crippen molar-refractivity contribution in [2.75, 3.05) is 56.7 Å². The van der Waals surface area contributed by atoms with Crippen molar-refractivity contribution in [3.8, 4) is 0 Å². The minimum absolute atomic E-state index is 0.216. The molecule has 35 heavy (non-hydrogen) atoms. The second-order valence-electron chi connectivity index (χ2n) is 10.6. The van der Waals surface area contributed by atoms with Crippen LogP contribution in [0.4, 0.5) is 17.1 Å². The van der Waals surface area contributed by atoms with Gasteiger partial charge in [0.15, 0.2) is 0 Å². The van der Waals surface area contributed by atoms with Gasteiger partial charge in [0, 0.05) is 0 Å². The number of likely N-dealkylation sites (N-methyl/N-ethyl adjacent to an activating group) is 1. The Bertz CT molecular complexity index is 1010. The fourth-order valence-corrected chi connectivity index (χ4v) is 8.36. The van der Waals surface area contributed by atoms with Crippen molar-refractivity contribution in [1.82, 2.24) is 15.1 Å². The summed E-state index contributed by atoms with van der Waals surface area (Å²) >= 11 is -0.783. The molecule has 3 aliphatic heterocycles. The van der Waals surface area contributed by atoms with Crippen LogP contribution in [0.1, 0.15) is 27.7 Å². The van der Waals surface area contributed by atoms with E-state index in [0.717, 1.165) is 62.3 Å². The number of amides is 1. The Morgan fingerprint density at radius 2 is 2.09 bits per heavy atom. The van der Waals surface area contributed by atoms with Crippen LogP contribution < -0.4 is 15.5 Å². The van der Waals surface area contributed by atoms with Gasteiger partial charge in [-0.15, -0.1) is 0 Å². The van der Waals surface area contributed by atoms with Crippen molar-refractivity contribution in [1.29, 1.82) is 0 Å². The summed E-state index contributed by atoms with van der Waals surface area (Å²) < 4.78 is 7.07.